The first-order valence-electron chi connectivity index (χ1n) is 4.57. The van der Waals surface area contributed by atoms with Gasteiger partial charge in [0.25, 0.3) is 0 Å². The van der Waals surface area contributed by atoms with E-state index in [4.69, 9.17) is 0 Å². The maximum Gasteiger partial charge on any atom is 0.0947 e. The molecule has 0 aliphatic carbocycles. The number of nitrogens with zero attached hydrogens (tertiary/aromatic N) is 1. The highest BCUT2D eigenvalue weighted by Crippen LogP contribution is 1.93. The molecule has 0 radical (unpaired) electrons. The highest BCUT2D eigenvalue weighted by atomic mass is 28.2. The van der Waals surface area contributed by atoms with Gasteiger partial charge in [-0.3, -0.25) is 0 Å². The second-order valence-electron chi connectivity index (χ2n) is 2.79. The van der Waals surface area contributed by atoms with Gasteiger partial charge in [-0.2, -0.15) is 0 Å². The molecule has 10 heavy (non-hydrogen) atoms. The van der Waals surface area contributed by atoms with Gasteiger partial charge in [-0.15, -0.1) is 0 Å². The van der Waals surface area contributed by atoms with Crippen molar-refractivity contribution in [2.45, 2.75) is 39.7 Å². The summed E-state index contributed by atoms with van der Waals surface area (Å²) in [5.41, 5.74) is 0. The van der Waals surface area contributed by atoms with Crippen LogP contribution in [0.25, 0.3) is 0 Å². The minimum Gasteiger partial charge on any atom is -0.329 e. The molecule has 0 aliphatic rings. The summed E-state index contributed by atoms with van der Waals surface area (Å²) in [6.45, 7) is 9.48. The van der Waals surface area contributed by atoms with E-state index in [0.717, 1.165) is 0 Å². The minimum absolute atomic E-state index is 0.149. The molecule has 0 spiro atoms. The van der Waals surface area contributed by atoms with Crippen LogP contribution in [0.1, 0.15) is 33.6 Å². The summed E-state index contributed by atoms with van der Waals surface area (Å²) in [5.74, 6) is 0. The van der Waals surface area contributed by atoms with Crippen LogP contribution in [-0.2, 0) is 0 Å². The monoisotopic (exact) mass is 159 g/mol. The Labute approximate surface area is 67.7 Å². The van der Waals surface area contributed by atoms with Gasteiger partial charge in [-0.1, -0.05) is 33.2 Å². The summed E-state index contributed by atoms with van der Waals surface area (Å²) >= 11 is 0. The molecule has 0 saturated heterocycles. The Balaban J connectivity index is 3.21. The van der Waals surface area contributed by atoms with E-state index in [9.17, 15) is 0 Å². The van der Waals surface area contributed by atoms with Gasteiger partial charge in [0, 0.05) is 0 Å². The van der Waals surface area contributed by atoms with E-state index >= 15 is 0 Å². The Bertz CT molecular complexity index is 66.3. The Hall–Kier alpha value is 0.177. The molecule has 0 aromatic rings. The molecule has 2 heteroatoms. The fourth-order valence-corrected chi connectivity index (χ4v) is 2.52. The first kappa shape index (κ1) is 10.2. The molecular weight excluding hydrogens is 138 g/mol. The molecule has 0 saturated carbocycles. The normalized spacial score (nSPS) is 12.0. The predicted octanol–water partition coefficient (Wildman–Crippen LogP) is 1.63. The topological polar surface area (TPSA) is 3.24 Å². The third kappa shape index (κ3) is 5.00. The van der Waals surface area contributed by atoms with Crippen LogP contribution in [-0.4, -0.2) is 27.3 Å². The maximum atomic E-state index is 2.66. The maximum absolute atomic E-state index is 2.66. The average Bonchev–Trinajstić information content (AvgIpc) is 1.98. The summed E-state index contributed by atoms with van der Waals surface area (Å²) in [6, 6.07) is 1.43. The van der Waals surface area contributed by atoms with Crippen LogP contribution in [0.15, 0.2) is 0 Å². The third-order valence-corrected chi connectivity index (χ3v) is 3.66. The van der Waals surface area contributed by atoms with Crippen LogP contribution in [0.2, 0.25) is 6.04 Å². The van der Waals surface area contributed by atoms with Crippen molar-refractivity contribution in [3.05, 3.63) is 0 Å². The van der Waals surface area contributed by atoms with E-state index in [1.807, 2.05) is 0 Å². The molecule has 0 aromatic heterocycles. The van der Waals surface area contributed by atoms with Gasteiger partial charge in [-0.05, 0) is 19.5 Å². The zero-order valence-corrected chi connectivity index (χ0v) is 9.10. The fraction of sp³-hybridized carbons (Fsp3) is 1.00. The summed E-state index contributed by atoms with van der Waals surface area (Å²) < 4.78 is 2.66. The Morgan fingerprint density at radius 1 is 1.20 bits per heavy atom. The van der Waals surface area contributed by atoms with Gasteiger partial charge in [0.05, 0.1) is 9.68 Å². The van der Waals surface area contributed by atoms with Gasteiger partial charge in [0.1, 0.15) is 0 Å². The molecule has 62 valence electrons. The highest BCUT2D eigenvalue weighted by molar-refractivity contribution is 6.31. The SMILES string of the molecule is CCCCN(CC)[SiH2]CC. The van der Waals surface area contributed by atoms with E-state index < -0.39 is 0 Å². The van der Waals surface area contributed by atoms with Crippen molar-refractivity contribution in [2.24, 2.45) is 0 Å². The van der Waals surface area contributed by atoms with Crippen molar-refractivity contribution in [3.8, 4) is 0 Å². The minimum atomic E-state index is 0.149. The van der Waals surface area contributed by atoms with Gasteiger partial charge in [-0.25, -0.2) is 0 Å². The van der Waals surface area contributed by atoms with Gasteiger partial charge >= 0.3 is 0 Å². The molecular formula is C8H21NSi. The third-order valence-electron chi connectivity index (χ3n) is 1.81. The van der Waals surface area contributed by atoms with Crippen molar-refractivity contribution in [3.63, 3.8) is 0 Å². The number of rotatable bonds is 6. The van der Waals surface area contributed by atoms with Crippen LogP contribution < -0.4 is 0 Å². The predicted molar refractivity (Wildman–Crippen MR) is 51.2 cm³/mol. The Morgan fingerprint density at radius 3 is 2.30 bits per heavy atom. The molecule has 0 rings (SSSR count). The van der Waals surface area contributed by atoms with Crippen LogP contribution in [0, 0.1) is 0 Å². The molecule has 0 fully saturated rings. The Morgan fingerprint density at radius 2 is 1.90 bits per heavy atom. The lowest BCUT2D eigenvalue weighted by Crippen LogP contribution is -2.27. The molecule has 0 unspecified atom stereocenters. The van der Waals surface area contributed by atoms with Crippen LogP contribution in [0.4, 0.5) is 0 Å². The standard InChI is InChI=1S/C8H21NSi/c1-4-7-8-9(5-2)10-6-3/h4-8,10H2,1-3H3. The molecule has 0 aromatic carbocycles. The molecule has 0 bridgehead atoms. The first-order valence-corrected chi connectivity index (χ1v) is 6.20. The largest absolute Gasteiger partial charge is 0.329 e. The van der Waals surface area contributed by atoms with Gasteiger partial charge in [0.15, 0.2) is 0 Å². The highest BCUT2D eigenvalue weighted by Gasteiger charge is 1.97. The number of hydrogen-bond acceptors (Lipinski definition) is 1. The molecule has 1 nitrogen and oxygen atoms in total. The molecule has 0 atom stereocenters. The van der Waals surface area contributed by atoms with E-state index in [1.165, 1.54) is 32.0 Å². The average molecular weight is 159 g/mol. The van der Waals surface area contributed by atoms with Crippen LogP contribution >= 0.6 is 0 Å². The molecule has 0 N–H and O–H groups in total. The van der Waals surface area contributed by atoms with Gasteiger partial charge in [0.2, 0.25) is 0 Å². The van der Waals surface area contributed by atoms with E-state index in [0.29, 0.717) is 0 Å². The number of unbranched alkanes of at least 4 members (excludes halogenated alkanes) is 1. The van der Waals surface area contributed by atoms with Crippen molar-refractivity contribution in [2.75, 3.05) is 13.1 Å². The summed E-state index contributed by atoms with van der Waals surface area (Å²) in [5, 5.41) is 0. The quantitative estimate of drug-likeness (QED) is 0.533. The lowest BCUT2D eigenvalue weighted by Gasteiger charge is -2.18. The van der Waals surface area contributed by atoms with E-state index in [-0.39, 0.29) is 9.68 Å². The van der Waals surface area contributed by atoms with Crippen LogP contribution in [0.5, 0.6) is 0 Å². The first-order chi connectivity index (χ1) is 4.85. The Kier molecular flexibility index (Phi) is 7.41. The zero-order valence-electron chi connectivity index (χ0n) is 7.69. The van der Waals surface area contributed by atoms with Gasteiger partial charge < -0.3 is 4.57 Å². The summed E-state index contributed by atoms with van der Waals surface area (Å²) in [4.78, 5) is 0. The zero-order chi connectivity index (χ0) is 7.82. The van der Waals surface area contributed by atoms with Crippen molar-refractivity contribution in [1.29, 1.82) is 0 Å². The van der Waals surface area contributed by atoms with Crippen LogP contribution in [0.3, 0.4) is 0 Å². The molecule has 0 heterocycles. The number of hydrogen-bond donors (Lipinski definition) is 0. The van der Waals surface area contributed by atoms with Crippen molar-refractivity contribution >= 4 is 9.68 Å². The second-order valence-corrected chi connectivity index (χ2v) is 5.13. The second kappa shape index (κ2) is 7.29. The lowest BCUT2D eigenvalue weighted by molar-refractivity contribution is 0.451. The van der Waals surface area contributed by atoms with Crippen molar-refractivity contribution in [1.82, 2.24) is 4.57 Å². The molecule has 0 amide bonds. The fourth-order valence-electron chi connectivity index (χ4n) is 1.13. The van der Waals surface area contributed by atoms with Crippen molar-refractivity contribution < 1.29 is 0 Å². The summed E-state index contributed by atoms with van der Waals surface area (Å²) in [7, 11) is 0.149. The van der Waals surface area contributed by atoms with E-state index in [1.54, 1.807) is 0 Å². The lowest BCUT2D eigenvalue weighted by atomic mass is 10.3. The van der Waals surface area contributed by atoms with E-state index in [2.05, 4.69) is 25.3 Å². The molecule has 0 aliphatic heterocycles. The smallest absolute Gasteiger partial charge is 0.0947 e. The summed E-state index contributed by atoms with van der Waals surface area (Å²) in [6.07, 6.45) is 2.73.